The number of ether oxygens (including phenoxy) is 2. The van der Waals surface area contributed by atoms with Crippen LogP contribution >= 0.6 is 0 Å². The number of carbonyl (C=O) groups excluding carboxylic acids is 2. The molecule has 0 aliphatic heterocycles. The third-order valence-electron chi connectivity index (χ3n) is 2.74. The number of hydrogen-bond donors (Lipinski definition) is 1. The van der Waals surface area contributed by atoms with Crippen molar-refractivity contribution in [1.82, 2.24) is 4.98 Å². The Hall–Kier alpha value is -2.11. The Labute approximate surface area is 118 Å². The summed E-state index contributed by atoms with van der Waals surface area (Å²) in [5.74, 6) is -0.638. The summed E-state index contributed by atoms with van der Waals surface area (Å²) >= 11 is 0. The van der Waals surface area contributed by atoms with Gasteiger partial charge in [-0.25, -0.2) is 14.6 Å². The zero-order valence-electron chi connectivity index (χ0n) is 12.2. The van der Waals surface area contributed by atoms with Crippen molar-refractivity contribution in [2.24, 2.45) is 0 Å². The number of methoxy groups -OCH3 is 1. The molecule has 1 aromatic heterocycles. The SMILES string of the molecule is CCOC(=O)c1cc(C(=O)OC)cc(NC(C)CC)n1. The van der Waals surface area contributed by atoms with Gasteiger partial charge in [-0.05, 0) is 32.4 Å². The van der Waals surface area contributed by atoms with Crippen LogP contribution in [0.1, 0.15) is 48.0 Å². The van der Waals surface area contributed by atoms with Gasteiger partial charge in [-0.15, -0.1) is 0 Å². The highest BCUT2D eigenvalue weighted by atomic mass is 16.5. The maximum atomic E-state index is 11.8. The van der Waals surface area contributed by atoms with E-state index in [1.807, 2.05) is 13.8 Å². The quantitative estimate of drug-likeness (QED) is 0.805. The number of nitrogens with one attached hydrogen (secondary N) is 1. The molecule has 0 saturated heterocycles. The van der Waals surface area contributed by atoms with Crippen LogP contribution in [0.25, 0.3) is 0 Å². The number of esters is 2. The smallest absolute Gasteiger partial charge is 0.357 e. The van der Waals surface area contributed by atoms with Crippen LogP contribution in [-0.2, 0) is 9.47 Å². The summed E-state index contributed by atoms with van der Waals surface area (Å²) < 4.78 is 9.57. The van der Waals surface area contributed by atoms with Gasteiger partial charge in [0.05, 0.1) is 19.3 Å². The number of carbonyl (C=O) groups is 2. The van der Waals surface area contributed by atoms with Crippen molar-refractivity contribution < 1.29 is 19.1 Å². The minimum absolute atomic E-state index is 0.0838. The van der Waals surface area contributed by atoms with Gasteiger partial charge in [-0.3, -0.25) is 0 Å². The third kappa shape index (κ3) is 4.22. The maximum Gasteiger partial charge on any atom is 0.357 e. The molecule has 0 aliphatic rings. The fourth-order valence-corrected chi connectivity index (χ4v) is 1.50. The fourth-order valence-electron chi connectivity index (χ4n) is 1.50. The van der Waals surface area contributed by atoms with E-state index in [2.05, 4.69) is 15.0 Å². The van der Waals surface area contributed by atoms with Crippen molar-refractivity contribution in [3.63, 3.8) is 0 Å². The van der Waals surface area contributed by atoms with Gasteiger partial charge < -0.3 is 14.8 Å². The highest BCUT2D eigenvalue weighted by Crippen LogP contribution is 2.14. The zero-order valence-corrected chi connectivity index (χ0v) is 12.2. The first-order valence-electron chi connectivity index (χ1n) is 6.55. The minimum atomic E-state index is -0.564. The second-order valence-corrected chi connectivity index (χ2v) is 4.29. The lowest BCUT2D eigenvalue weighted by Gasteiger charge is -2.14. The molecule has 0 fully saturated rings. The first-order valence-corrected chi connectivity index (χ1v) is 6.55. The molecule has 1 aromatic rings. The second kappa shape index (κ2) is 7.47. The van der Waals surface area contributed by atoms with E-state index in [-0.39, 0.29) is 23.9 Å². The van der Waals surface area contributed by atoms with Crippen LogP contribution in [0.15, 0.2) is 12.1 Å². The highest BCUT2D eigenvalue weighted by Gasteiger charge is 2.16. The largest absolute Gasteiger partial charge is 0.465 e. The molecule has 1 atom stereocenters. The van der Waals surface area contributed by atoms with E-state index in [0.717, 1.165) is 6.42 Å². The van der Waals surface area contributed by atoms with Crippen LogP contribution in [-0.4, -0.2) is 36.7 Å². The van der Waals surface area contributed by atoms with Crippen molar-refractivity contribution in [3.05, 3.63) is 23.4 Å². The van der Waals surface area contributed by atoms with E-state index in [9.17, 15) is 9.59 Å². The average molecular weight is 280 g/mol. The Morgan fingerprint density at radius 2 is 2.00 bits per heavy atom. The third-order valence-corrected chi connectivity index (χ3v) is 2.74. The van der Waals surface area contributed by atoms with E-state index < -0.39 is 11.9 Å². The van der Waals surface area contributed by atoms with Crippen LogP contribution in [0.5, 0.6) is 0 Å². The molecule has 0 spiro atoms. The summed E-state index contributed by atoms with van der Waals surface area (Å²) in [6.45, 7) is 5.96. The van der Waals surface area contributed by atoms with E-state index in [4.69, 9.17) is 4.74 Å². The van der Waals surface area contributed by atoms with Gasteiger partial charge in [0.15, 0.2) is 5.69 Å². The first kappa shape index (κ1) is 15.9. The molecule has 6 heteroatoms. The predicted octanol–water partition coefficient (Wildman–Crippen LogP) is 2.26. The first-order chi connectivity index (χ1) is 9.51. The summed E-state index contributed by atoms with van der Waals surface area (Å²) in [7, 11) is 1.29. The molecule has 0 aromatic carbocycles. The molecule has 1 heterocycles. The zero-order chi connectivity index (χ0) is 15.1. The van der Waals surface area contributed by atoms with E-state index >= 15 is 0 Å². The van der Waals surface area contributed by atoms with Crippen molar-refractivity contribution in [2.75, 3.05) is 19.0 Å². The van der Waals surface area contributed by atoms with Crippen LogP contribution in [0, 0.1) is 0 Å². The average Bonchev–Trinajstić information content (AvgIpc) is 2.46. The molecule has 1 unspecified atom stereocenters. The van der Waals surface area contributed by atoms with E-state index in [1.165, 1.54) is 13.2 Å². The van der Waals surface area contributed by atoms with Crippen LogP contribution in [0.3, 0.4) is 0 Å². The number of pyridine rings is 1. The molecule has 0 aliphatic carbocycles. The molecule has 20 heavy (non-hydrogen) atoms. The molecule has 0 radical (unpaired) electrons. The number of anilines is 1. The van der Waals surface area contributed by atoms with Gasteiger partial charge in [-0.1, -0.05) is 6.92 Å². The monoisotopic (exact) mass is 280 g/mol. The maximum absolute atomic E-state index is 11.8. The molecule has 1 rings (SSSR count). The Balaban J connectivity index is 3.13. The van der Waals surface area contributed by atoms with Crippen LogP contribution in [0.4, 0.5) is 5.82 Å². The lowest BCUT2D eigenvalue weighted by Crippen LogP contribution is -2.17. The fraction of sp³-hybridized carbons (Fsp3) is 0.500. The summed E-state index contributed by atoms with van der Waals surface area (Å²) in [5.41, 5.74) is 0.344. The Morgan fingerprint density at radius 3 is 2.55 bits per heavy atom. The lowest BCUT2D eigenvalue weighted by atomic mass is 10.2. The van der Waals surface area contributed by atoms with Gasteiger partial charge in [0.2, 0.25) is 0 Å². The Morgan fingerprint density at radius 1 is 1.30 bits per heavy atom. The van der Waals surface area contributed by atoms with Crippen molar-refractivity contribution in [1.29, 1.82) is 0 Å². The molecule has 6 nitrogen and oxygen atoms in total. The van der Waals surface area contributed by atoms with E-state index in [0.29, 0.717) is 5.82 Å². The number of nitrogens with zero attached hydrogens (tertiary/aromatic N) is 1. The highest BCUT2D eigenvalue weighted by molar-refractivity contribution is 5.95. The molecule has 1 N–H and O–H groups in total. The van der Waals surface area contributed by atoms with Crippen LogP contribution in [0.2, 0.25) is 0 Å². The van der Waals surface area contributed by atoms with Gasteiger partial charge in [0.25, 0.3) is 0 Å². The van der Waals surface area contributed by atoms with Gasteiger partial charge >= 0.3 is 11.9 Å². The molecular formula is C14H20N2O4. The van der Waals surface area contributed by atoms with Crippen molar-refractivity contribution in [3.8, 4) is 0 Å². The second-order valence-electron chi connectivity index (χ2n) is 4.29. The van der Waals surface area contributed by atoms with Crippen molar-refractivity contribution >= 4 is 17.8 Å². The van der Waals surface area contributed by atoms with Crippen LogP contribution < -0.4 is 5.32 Å². The standard InChI is InChI=1S/C14H20N2O4/c1-5-9(3)15-12-8-10(13(17)19-4)7-11(16-12)14(18)20-6-2/h7-9H,5-6H2,1-4H3,(H,15,16). The summed E-state index contributed by atoms with van der Waals surface area (Å²) in [6.07, 6.45) is 0.888. The molecule has 0 saturated carbocycles. The topological polar surface area (TPSA) is 77.5 Å². The van der Waals surface area contributed by atoms with Gasteiger partial charge in [-0.2, -0.15) is 0 Å². The van der Waals surface area contributed by atoms with Gasteiger partial charge in [0, 0.05) is 6.04 Å². The Kier molecular flexibility index (Phi) is 5.96. The number of rotatable bonds is 6. The Bertz CT molecular complexity index is 488. The summed E-state index contributed by atoms with van der Waals surface area (Å²) in [6, 6.07) is 3.09. The predicted molar refractivity (Wildman–Crippen MR) is 74.9 cm³/mol. The summed E-state index contributed by atoms with van der Waals surface area (Å²) in [4.78, 5) is 27.5. The molecule has 0 bridgehead atoms. The summed E-state index contributed by atoms with van der Waals surface area (Å²) in [5, 5.41) is 3.12. The lowest BCUT2D eigenvalue weighted by molar-refractivity contribution is 0.0519. The molecule has 110 valence electrons. The van der Waals surface area contributed by atoms with Crippen molar-refractivity contribution in [2.45, 2.75) is 33.2 Å². The minimum Gasteiger partial charge on any atom is -0.465 e. The molecule has 0 amide bonds. The van der Waals surface area contributed by atoms with E-state index in [1.54, 1.807) is 13.0 Å². The number of aromatic nitrogens is 1. The normalized spacial score (nSPS) is 11.6. The number of hydrogen-bond acceptors (Lipinski definition) is 6. The molecular weight excluding hydrogens is 260 g/mol. The van der Waals surface area contributed by atoms with Gasteiger partial charge in [0.1, 0.15) is 5.82 Å².